The van der Waals surface area contributed by atoms with Gasteiger partial charge in [-0.1, -0.05) is 19.1 Å². The average molecular weight is 419 g/mol. The Balaban J connectivity index is 0.000000313. The number of halogens is 1. The molecule has 0 aliphatic carbocycles. The highest BCUT2D eigenvalue weighted by molar-refractivity contribution is 7.92. The van der Waals surface area contributed by atoms with E-state index >= 15 is 0 Å². The first-order chi connectivity index (χ1) is 13.7. The van der Waals surface area contributed by atoms with Crippen molar-refractivity contribution in [2.24, 2.45) is 5.92 Å². The summed E-state index contributed by atoms with van der Waals surface area (Å²) in [6.45, 7) is 10.5. The number of nitrogens with zero attached hydrogens (tertiary/aromatic N) is 1. The number of rotatable bonds is 5. The smallest absolute Gasteiger partial charge is 0.261 e. The molecule has 0 atom stereocenters. The number of allylic oxidation sites excluding steroid dienone is 1. The van der Waals surface area contributed by atoms with E-state index in [4.69, 9.17) is 0 Å². The lowest BCUT2D eigenvalue weighted by molar-refractivity contribution is 0.230. The number of hydrogen-bond acceptors (Lipinski definition) is 3. The van der Waals surface area contributed by atoms with Crippen LogP contribution < -0.4 is 4.72 Å². The van der Waals surface area contributed by atoms with Crippen molar-refractivity contribution >= 4 is 15.7 Å². The quantitative estimate of drug-likeness (QED) is 0.694. The number of hydrogen-bond donors (Lipinski definition) is 1. The molecule has 2 aromatic carbocycles. The SMILES string of the molecule is C=CCc1ccc(NS(=O)(=O)c2ccc(F)cc2)cc1C.CC1CCN(C)CC1. The van der Waals surface area contributed by atoms with E-state index in [0.717, 1.165) is 35.6 Å². The van der Waals surface area contributed by atoms with Crippen LogP contribution in [-0.4, -0.2) is 33.5 Å². The highest BCUT2D eigenvalue weighted by atomic mass is 32.2. The lowest BCUT2D eigenvalue weighted by Gasteiger charge is -2.26. The summed E-state index contributed by atoms with van der Waals surface area (Å²) in [6, 6.07) is 10.0. The molecule has 158 valence electrons. The van der Waals surface area contributed by atoms with Gasteiger partial charge in [0.1, 0.15) is 5.82 Å². The van der Waals surface area contributed by atoms with Crippen molar-refractivity contribution in [1.82, 2.24) is 4.90 Å². The van der Waals surface area contributed by atoms with Crippen LogP contribution in [0.2, 0.25) is 0 Å². The van der Waals surface area contributed by atoms with E-state index < -0.39 is 15.8 Å². The van der Waals surface area contributed by atoms with E-state index in [0.29, 0.717) is 5.69 Å². The molecule has 0 radical (unpaired) electrons. The van der Waals surface area contributed by atoms with Gasteiger partial charge < -0.3 is 4.90 Å². The largest absolute Gasteiger partial charge is 0.306 e. The number of piperidine rings is 1. The Morgan fingerprint density at radius 2 is 1.79 bits per heavy atom. The second-order valence-electron chi connectivity index (χ2n) is 7.68. The summed E-state index contributed by atoms with van der Waals surface area (Å²) >= 11 is 0. The third-order valence-electron chi connectivity index (χ3n) is 5.09. The molecule has 29 heavy (non-hydrogen) atoms. The Hall–Kier alpha value is -2.18. The average Bonchev–Trinajstić information content (AvgIpc) is 2.67. The summed E-state index contributed by atoms with van der Waals surface area (Å²) < 4.78 is 39.7. The number of nitrogens with one attached hydrogen (secondary N) is 1. The Morgan fingerprint density at radius 3 is 2.31 bits per heavy atom. The maximum Gasteiger partial charge on any atom is 0.261 e. The number of likely N-dealkylation sites (tertiary alicyclic amines) is 1. The van der Waals surface area contributed by atoms with Gasteiger partial charge in [0.2, 0.25) is 0 Å². The van der Waals surface area contributed by atoms with Crippen molar-refractivity contribution in [3.8, 4) is 0 Å². The summed E-state index contributed by atoms with van der Waals surface area (Å²) in [5.74, 6) is 0.504. The van der Waals surface area contributed by atoms with E-state index in [2.05, 4.69) is 30.2 Å². The predicted octanol–water partition coefficient (Wildman–Crippen LogP) is 5.01. The molecule has 4 nitrogen and oxygen atoms in total. The molecule has 3 rings (SSSR count). The van der Waals surface area contributed by atoms with Crippen molar-refractivity contribution in [1.29, 1.82) is 0 Å². The molecule has 0 bridgehead atoms. The Bertz CT molecular complexity index is 893. The Labute approximate surface area is 174 Å². The first-order valence-corrected chi connectivity index (χ1v) is 11.4. The molecule has 1 saturated heterocycles. The summed E-state index contributed by atoms with van der Waals surface area (Å²) in [5, 5.41) is 0. The predicted molar refractivity (Wildman–Crippen MR) is 118 cm³/mol. The van der Waals surface area contributed by atoms with Crippen LogP contribution >= 0.6 is 0 Å². The Kier molecular flexibility index (Phi) is 8.41. The molecular weight excluding hydrogens is 387 g/mol. The van der Waals surface area contributed by atoms with Crippen LogP contribution in [0.25, 0.3) is 0 Å². The zero-order chi connectivity index (χ0) is 21.4. The van der Waals surface area contributed by atoms with Crippen LogP contribution in [0.15, 0.2) is 60.0 Å². The van der Waals surface area contributed by atoms with Gasteiger partial charge in [0.25, 0.3) is 10.0 Å². The van der Waals surface area contributed by atoms with Crippen LogP contribution in [0, 0.1) is 18.7 Å². The molecule has 0 spiro atoms. The van der Waals surface area contributed by atoms with Crippen molar-refractivity contribution in [2.75, 3.05) is 24.9 Å². The van der Waals surface area contributed by atoms with E-state index in [1.165, 1.54) is 38.1 Å². The van der Waals surface area contributed by atoms with Crippen LogP contribution in [0.5, 0.6) is 0 Å². The van der Waals surface area contributed by atoms with Gasteiger partial charge in [0, 0.05) is 5.69 Å². The fraction of sp³-hybridized carbons (Fsp3) is 0.391. The molecule has 1 heterocycles. The second kappa shape index (κ2) is 10.6. The lowest BCUT2D eigenvalue weighted by atomic mass is 10.00. The highest BCUT2D eigenvalue weighted by Crippen LogP contribution is 2.20. The van der Waals surface area contributed by atoms with Gasteiger partial charge in [-0.25, -0.2) is 12.8 Å². The second-order valence-corrected chi connectivity index (χ2v) is 9.36. The minimum Gasteiger partial charge on any atom is -0.306 e. The van der Waals surface area contributed by atoms with Gasteiger partial charge in [-0.15, -0.1) is 6.58 Å². The molecule has 6 heteroatoms. The number of sulfonamides is 1. The summed E-state index contributed by atoms with van der Waals surface area (Å²) in [6.07, 6.45) is 5.33. The van der Waals surface area contributed by atoms with Gasteiger partial charge in [-0.2, -0.15) is 0 Å². The summed E-state index contributed by atoms with van der Waals surface area (Å²) in [4.78, 5) is 2.43. The van der Waals surface area contributed by atoms with Crippen LogP contribution in [0.3, 0.4) is 0 Å². The van der Waals surface area contributed by atoms with Gasteiger partial charge in [-0.05, 0) is 99.8 Å². The molecule has 1 N–H and O–H groups in total. The zero-order valence-electron chi connectivity index (χ0n) is 17.5. The van der Waals surface area contributed by atoms with Gasteiger partial charge in [-0.3, -0.25) is 4.72 Å². The molecule has 0 aromatic heterocycles. The fourth-order valence-corrected chi connectivity index (χ4v) is 4.16. The van der Waals surface area contributed by atoms with Crippen LogP contribution in [-0.2, 0) is 16.4 Å². The van der Waals surface area contributed by atoms with Crippen molar-refractivity contribution in [3.05, 3.63) is 72.1 Å². The van der Waals surface area contributed by atoms with Crippen molar-refractivity contribution < 1.29 is 12.8 Å². The number of aryl methyl sites for hydroxylation is 1. The van der Waals surface area contributed by atoms with Crippen molar-refractivity contribution in [2.45, 2.75) is 38.0 Å². The van der Waals surface area contributed by atoms with Gasteiger partial charge in [0.05, 0.1) is 4.90 Å². The van der Waals surface area contributed by atoms with Crippen LogP contribution in [0.4, 0.5) is 10.1 Å². The summed E-state index contributed by atoms with van der Waals surface area (Å²) in [5.41, 5.74) is 2.55. The third-order valence-corrected chi connectivity index (χ3v) is 6.49. The number of benzene rings is 2. The fourth-order valence-electron chi connectivity index (χ4n) is 3.11. The molecule has 0 saturated carbocycles. The van der Waals surface area contributed by atoms with E-state index in [1.54, 1.807) is 18.2 Å². The maximum atomic E-state index is 12.8. The van der Waals surface area contributed by atoms with Gasteiger partial charge >= 0.3 is 0 Å². The molecule has 1 fully saturated rings. The molecule has 0 amide bonds. The molecule has 0 unspecified atom stereocenters. The van der Waals surface area contributed by atoms with E-state index in [1.807, 2.05) is 13.0 Å². The first-order valence-electron chi connectivity index (χ1n) is 9.88. The third kappa shape index (κ3) is 7.29. The Morgan fingerprint density at radius 1 is 1.17 bits per heavy atom. The lowest BCUT2D eigenvalue weighted by Crippen LogP contribution is -2.28. The summed E-state index contributed by atoms with van der Waals surface area (Å²) in [7, 11) is -1.51. The molecule has 2 aromatic rings. The monoisotopic (exact) mass is 418 g/mol. The molecule has 1 aliphatic heterocycles. The standard InChI is InChI=1S/C16H16FNO2S.C7H15N/c1-3-4-13-5-8-15(11-12(13)2)18-21(19,20)16-9-6-14(17)7-10-16;1-7-3-5-8(2)6-4-7/h3,5-11,18H,1,4H2,2H3;7H,3-6H2,1-2H3. The topological polar surface area (TPSA) is 49.4 Å². The normalized spacial score (nSPS) is 15.3. The first kappa shape index (κ1) is 23.1. The maximum absolute atomic E-state index is 12.8. The van der Waals surface area contributed by atoms with E-state index in [-0.39, 0.29) is 4.90 Å². The van der Waals surface area contributed by atoms with Crippen LogP contribution in [0.1, 0.15) is 30.9 Å². The van der Waals surface area contributed by atoms with Crippen molar-refractivity contribution in [3.63, 3.8) is 0 Å². The van der Waals surface area contributed by atoms with E-state index in [9.17, 15) is 12.8 Å². The number of anilines is 1. The highest BCUT2D eigenvalue weighted by Gasteiger charge is 2.14. The molecule has 1 aliphatic rings. The zero-order valence-corrected chi connectivity index (χ0v) is 18.3. The minimum atomic E-state index is -3.71. The minimum absolute atomic E-state index is 0.0247. The molecular formula is C23H31FN2O2S. The van der Waals surface area contributed by atoms with Gasteiger partial charge in [0.15, 0.2) is 0 Å².